The lowest BCUT2D eigenvalue weighted by Crippen LogP contribution is -2.56. The molecule has 1 aliphatic heterocycles. The average molecular weight is 290 g/mol. The van der Waals surface area contributed by atoms with Gasteiger partial charge in [-0.3, -0.25) is 0 Å². The first-order chi connectivity index (χ1) is 8.85. The standard InChI is InChI=1S/C12H22N2O4S/c1-12(2)8-14(5-6-18-12)11(17)13-9(10(15)16)4-7-19-3/h9H,4-8H2,1-3H3,(H,13,17)(H,15,16)/t9-/m1/s1. The summed E-state index contributed by atoms with van der Waals surface area (Å²) in [6.07, 6.45) is 2.33. The molecule has 110 valence electrons. The van der Waals surface area contributed by atoms with Crippen LogP contribution in [0.2, 0.25) is 0 Å². The fourth-order valence-corrected chi connectivity index (χ4v) is 2.39. The van der Waals surface area contributed by atoms with Crippen molar-refractivity contribution in [3.05, 3.63) is 0 Å². The summed E-state index contributed by atoms with van der Waals surface area (Å²) in [5.41, 5.74) is -0.381. The third-order valence-electron chi connectivity index (χ3n) is 2.92. The van der Waals surface area contributed by atoms with Crippen LogP contribution in [0, 0.1) is 0 Å². The van der Waals surface area contributed by atoms with Gasteiger partial charge >= 0.3 is 12.0 Å². The highest BCUT2D eigenvalue weighted by molar-refractivity contribution is 7.98. The molecule has 1 saturated heterocycles. The van der Waals surface area contributed by atoms with Gasteiger partial charge in [-0.2, -0.15) is 11.8 Å². The number of amides is 2. The zero-order valence-electron chi connectivity index (χ0n) is 11.6. The van der Waals surface area contributed by atoms with Crippen molar-refractivity contribution in [3.8, 4) is 0 Å². The van der Waals surface area contributed by atoms with Gasteiger partial charge in [-0.25, -0.2) is 9.59 Å². The lowest BCUT2D eigenvalue weighted by Gasteiger charge is -2.38. The topological polar surface area (TPSA) is 78.9 Å². The molecule has 0 aromatic carbocycles. The number of carboxylic acids is 1. The summed E-state index contributed by atoms with van der Waals surface area (Å²) < 4.78 is 5.52. The molecular weight excluding hydrogens is 268 g/mol. The van der Waals surface area contributed by atoms with E-state index in [1.54, 1.807) is 16.7 Å². The molecule has 6 nitrogen and oxygen atoms in total. The number of rotatable bonds is 5. The lowest BCUT2D eigenvalue weighted by atomic mass is 10.1. The molecule has 2 amide bonds. The summed E-state index contributed by atoms with van der Waals surface area (Å²) in [6.45, 7) is 5.25. The quantitative estimate of drug-likeness (QED) is 0.790. The Morgan fingerprint density at radius 3 is 2.74 bits per heavy atom. The largest absolute Gasteiger partial charge is 0.480 e. The van der Waals surface area contributed by atoms with Gasteiger partial charge in [-0.15, -0.1) is 0 Å². The van der Waals surface area contributed by atoms with Gasteiger partial charge in [0.05, 0.1) is 18.8 Å². The van der Waals surface area contributed by atoms with Crippen LogP contribution in [0.3, 0.4) is 0 Å². The Labute approximate surface area is 117 Å². The molecule has 7 heteroatoms. The predicted octanol–water partition coefficient (Wildman–Crippen LogP) is 1.01. The van der Waals surface area contributed by atoms with Crippen LogP contribution in [0.1, 0.15) is 20.3 Å². The van der Waals surface area contributed by atoms with Crippen molar-refractivity contribution in [2.24, 2.45) is 0 Å². The molecule has 0 bridgehead atoms. The van der Waals surface area contributed by atoms with Crippen LogP contribution in [0.15, 0.2) is 0 Å². The SMILES string of the molecule is CSCC[C@@H](NC(=O)N1CCOC(C)(C)C1)C(=O)O. The van der Waals surface area contributed by atoms with Gasteiger partial charge in [0.1, 0.15) is 6.04 Å². The highest BCUT2D eigenvalue weighted by Gasteiger charge is 2.31. The third-order valence-corrected chi connectivity index (χ3v) is 3.56. The first-order valence-electron chi connectivity index (χ1n) is 6.27. The van der Waals surface area contributed by atoms with Gasteiger partial charge in [-0.05, 0) is 32.3 Å². The Hall–Kier alpha value is -0.950. The van der Waals surface area contributed by atoms with E-state index in [2.05, 4.69) is 5.32 Å². The highest BCUT2D eigenvalue weighted by atomic mass is 32.2. The van der Waals surface area contributed by atoms with Crippen molar-refractivity contribution < 1.29 is 19.4 Å². The number of hydrogen-bond acceptors (Lipinski definition) is 4. The Morgan fingerprint density at radius 1 is 1.53 bits per heavy atom. The lowest BCUT2D eigenvalue weighted by molar-refractivity contribution is -0.139. The molecule has 0 saturated carbocycles. The number of aliphatic carboxylic acids is 1. The van der Waals surface area contributed by atoms with Crippen molar-refractivity contribution in [2.45, 2.75) is 31.9 Å². The molecule has 0 aromatic rings. The maximum Gasteiger partial charge on any atom is 0.326 e. The van der Waals surface area contributed by atoms with E-state index < -0.39 is 12.0 Å². The molecule has 19 heavy (non-hydrogen) atoms. The molecule has 0 unspecified atom stereocenters. The smallest absolute Gasteiger partial charge is 0.326 e. The monoisotopic (exact) mass is 290 g/mol. The molecule has 1 fully saturated rings. The maximum atomic E-state index is 12.1. The fourth-order valence-electron chi connectivity index (χ4n) is 1.92. The minimum atomic E-state index is -0.991. The van der Waals surface area contributed by atoms with Gasteiger partial charge < -0.3 is 20.1 Å². The van der Waals surface area contributed by atoms with Crippen LogP contribution in [0.4, 0.5) is 4.79 Å². The number of ether oxygens (including phenoxy) is 1. The Balaban J connectivity index is 2.54. The number of hydrogen-bond donors (Lipinski definition) is 2. The van der Waals surface area contributed by atoms with Gasteiger partial charge in [0.25, 0.3) is 0 Å². The second kappa shape index (κ2) is 7.00. The summed E-state index contributed by atoms with van der Waals surface area (Å²) in [5, 5.41) is 11.7. The highest BCUT2D eigenvalue weighted by Crippen LogP contribution is 2.16. The van der Waals surface area contributed by atoms with Crippen LogP contribution in [-0.2, 0) is 9.53 Å². The zero-order chi connectivity index (χ0) is 14.5. The number of nitrogens with one attached hydrogen (secondary N) is 1. The Kier molecular flexibility index (Phi) is 5.93. The number of nitrogens with zero attached hydrogens (tertiary/aromatic N) is 1. The van der Waals surface area contributed by atoms with Crippen LogP contribution in [-0.4, -0.2) is 65.4 Å². The van der Waals surface area contributed by atoms with Crippen LogP contribution in [0.25, 0.3) is 0 Å². The van der Waals surface area contributed by atoms with Crippen LogP contribution >= 0.6 is 11.8 Å². The molecule has 1 rings (SSSR count). The second-order valence-corrected chi connectivity index (χ2v) is 6.14. The number of carbonyl (C=O) groups excluding carboxylic acids is 1. The van der Waals surface area contributed by atoms with E-state index in [0.717, 1.165) is 0 Å². The van der Waals surface area contributed by atoms with Gasteiger partial charge in [-0.1, -0.05) is 0 Å². The first kappa shape index (κ1) is 16.1. The number of morpholine rings is 1. The Bertz CT molecular complexity index is 336. The van der Waals surface area contributed by atoms with E-state index in [0.29, 0.717) is 31.9 Å². The van der Waals surface area contributed by atoms with Crippen LogP contribution in [0.5, 0.6) is 0 Å². The first-order valence-corrected chi connectivity index (χ1v) is 7.66. The molecule has 0 spiro atoms. The molecule has 2 N–H and O–H groups in total. The summed E-state index contributed by atoms with van der Waals surface area (Å²) in [5.74, 6) is -0.291. The van der Waals surface area contributed by atoms with Crippen molar-refractivity contribution in [2.75, 3.05) is 31.7 Å². The number of carbonyl (C=O) groups is 2. The zero-order valence-corrected chi connectivity index (χ0v) is 12.5. The predicted molar refractivity (Wildman–Crippen MR) is 74.6 cm³/mol. The Morgan fingerprint density at radius 2 is 2.21 bits per heavy atom. The van der Waals surface area contributed by atoms with Crippen molar-refractivity contribution in [1.82, 2.24) is 10.2 Å². The van der Waals surface area contributed by atoms with E-state index in [1.165, 1.54) is 0 Å². The number of thioether (sulfide) groups is 1. The summed E-state index contributed by atoms with van der Waals surface area (Å²) >= 11 is 1.56. The molecule has 1 heterocycles. The van der Waals surface area contributed by atoms with Gasteiger partial charge in [0.15, 0.2) is 0 Å². The summed E-state index contributed by atoms with van der Waals surface area (Å²) in [7, 11) is 0. The number of carboxylic acid groups (broad SMARTS) is 1. The molecule has 0 aliphatic carbocycles. The normalized spacial score (nSPS) is 19.8. The fraction of sp³-hybridized carbons (Fsp3) is 0.833. The molecule has 0 radical (unpaired) electrons. The van der Waals surface area contributed by atoms with E-state index in [1.807, 2.05) is 20.1 Å². The van der Waals surface area contributed by atoms with Crippen molar-refractivity contribution in [3.63, 3.8) is 0 Å². The van der Waals surface area contributed by atoms with E-state index >= 15 is 0 Å². The second-order valence-electron chi connectivity index (χ2n) is 5.15. The minimum absolute atomic E-state index is 0.329. The van der Waals surface area contributed by atoms with Gasteiger partial charge in [0, 0.05) is 6.54 Å². The van der Waals surface area contributed by atoms with E-state index in [4.69, 9.17) is 9.84 Å². The summed E-state index contributed by atoms with van der Waals surface area (Å²) in [4.78, 5) is 24.7. The summed E-state index contributed by atoms with van der Waals surface area (Å²) in [6, 6.07) is -1.16. The molecule has 1 aliphatic rings. The maximum absolute atomic E-state index is 12.1. The van der Waals surface area contributed by atoms with Gasteiger partial charge in [0.2, 0.25) is 0 Å². The van der Waals surface area contributed by atoms with E-state index in [9.17, 15) is 9.59 Å². The van der Waals surface area contributed by atoms with E-state index in [-0.39, 0.29) is 11.6 Å². The molecule has 0 aromatic heterocycles. The van der Waals surface area contributed by atoms with Crippen LogP contribution < -0.4 is 5.32 Å². The molecule has 1 atom stereocenters. The van der Waals surface area contributed by atoms with Crippen molar-refractivity contribution in [1.29, 1.82) is 0 Å². The number of urea groups is 1. The minimum Gasteiger partial charge on any atom is -0.480 e. The average Bonchev–Trinajstić information content (AvgIpc) is 2.32. The van der Waals surface area contributed by atoms with Crippen molar-refractivity contribution >= 4 is 23.8 Å². The molecular formula is C12H22N2O4S. The third kappa shape index (κ3) is 5.28.